The van der Waals surface area contributed by atoms with Crippen molar-refractivity contribution in [2.75, 3.05) is 20.6 Å². The number of nitrogens with zero attached hydrogens (tertiary/aromatic N) is 2. The number of carbonyl (C=O) groups excluding carboxylic acids is 1. The van der Waals surface area contributed by atoms with Gasteiger partial charge in [0.05, 0.1) is 0 Å². The van der Waals surface area contributed by atoms with Gasteiger partial charge >= 0.3 is 12.0 Å². The van der Waals surface area contributed by atoms with Crippen LogP contribution < -0.4 is 0 Å². The first kappa shape index (κ1) is 11.8. The first-order valence-electron chi connectivity index (χ1n) is 5.12. The monoisotopic (exact) mass is 214 g/mol. The van der Waals surface area contributed by atoms with E-state index in [0.717, 1.165) is 12.8 Å². The lowest BCUT2D eigenvalue weighted by atomic mass is 9.89. The molecule has 1 rings (SSSR count). The molecule has 1 aliphatic heterocycles. The zero-order chi connectivity index (χ0) is 11.6. The molecule has 0 aromatic rings. The van der Waals surface area contributed by atoms with E-state index in [2.05, 4.69) is 0 Å². The van der Waals surface area contributed by atoms with Crippen molar-refractivity contribution in [1.29, 1.82) is 0 Å². The quantitative estimate of drug-likeness (QED) is 0.708. The normalized spacial score (nSPS) is 26.2. The topological polar surface area (TPSA) is 60.9 Å². The number of urea groups is 1. The lowest BCUT2D eigenvalue weighted by molar-refractivity contribution is -0.150. The number of amides is 2. The zero-order valence-corrected chi connectivity index (χ0v) is 9.49. The molecule has 0 spiro atoms. The molecule has 1 atom stereocenters. The molecule has 86 valence electrons. The van der Waals surface area contributed by atoms with Gasteiger partial charge in [0.1, 0.15) is 5.54 Å². The minimum Gasteiger partial charge on any atom is -0.480 e. The van der Waals surface area contributed by atoms with E-state index < -0.39 is 11.5 Å². The first-order chi connectivity index (χ1) is 6.89. The largest absolute Gasteiger partial charge is 0.480 e. The van der Waals surface area contributed by atoms with Crippen LogP contribution >= 0.6 is 0 Å². The van der Waals surface area contributed by atoms with Gasteiger partial charge in [-0.05, 0) is 26.2 Å². The van der Waals surface area contributed by atoms with E-state index in [-0.39, 0.29) is 6.03 Å². The maximum atomic E-state index is 11.8. The maximum absolute atomic E-state index is 11.8. The highest BCUT2D eigenvalue weighted by molar-refractivity contribution is 5.86. The molecule has 2 amide bonds. The summed E-state index contributed by atoms with van der Waals surface area (Å²) in [5.74, 6) is -0.919. The number of carbonyl (C=O) groups is 2. The van der Waals surface area contributed by atoms with Crippen LogP contribution in [0.5, 0.6) is 0 Å². The van der Waals surface area contributed by atoms with Gasteiger partial charge in [-0.15, -0.1) is 0 Å². The number of hydrogen-bond acceptors (Lipinski definition) is 2. The van der Waals surface area contributed by atoms with Crippen molar-refractivity contribution in [1.82, 2.24) is 9.80 Å². The predicted molar refractivity (Wildman–Crippen MR) is 55.7 cm³/mol. The third kappa shape index (κ3) is 2.06. The Hall–Kier alpha value is -1.26. The fourth-order valence-electron chi connectivity index (χ4n) is 1.89. The summed E-state index contributed by atoms with van der Waals surface area (Å²) >= 11 is 0. The second-order valence-electron chi connectivity index (χ2n) is 4.36. The van der Waals surface area contributed by atoms with Crippen LogP contribution in [0.2, 0.25) is 0 Å². The highest BCUT2D eigenvalue weighted by Gasteiger charge is 2.44. The van der Waals surface area contributed by atoms with Crippen molar-refractivity contribution in [3.05, 3.63) is 0 Å². The summed E-state index contributed by atoms with van der Waals surface area (Å²) in [6, 6.07) is -0.223. The number of piperidine rings is 1. The third-order valence-electron chi connectivity index (χ3n) is 2.97. The number of likely N-dealkylation sites (tertiary alicyclic amines) is 1. The molecule has 1 fully saturated rings. The summed E-state index contributed by atoms with van der Waals surface area (Å²) in [5.41, 5.74) is -1.04. The van der Waals surface area contributed by atoms with Crippen LogP contribution in [0.1, 0.15) is 26.2 Å². The van der Waals surface area contributed by atoms with Crippen molar-refractivity contribution in [2.24, 2.45) is 0 Å². The second kappa shape index (κ2) is 4.08. The summed E-state index contributed by atoms with van der Waals surface area (Å²) in [6.45, 7) is 2.15. The van der Waals surface area contributed by atoms with E-state index in [1.165, 1.54) is 9.80 Å². The van der Waals surface area contributed by atoms with E-state index in [9.17, 15) is 14.7 Å². The number of carboxylic acid groups (broad SMARTS) is 1. The van der Waals surface area contributed by atoms with Gasteiger partial charge in [0.15, 0.2) is 0 Å². The summed E-state index contributed by atoms with van der Waals surface area (Å²) in [4.78, 5) is 25.9. The van der Waals surface area contributed by atoms with Gasteiger partial charge < -0.3 is 14.9 Å². The predicted octanol–water partition coefficient (Wildman–Crippen LogP) is 0.997. The molecule has 0 aliphatic carbocycles. The minimum atomic E-state index is -1.04. The highest BCUT2D eigenvalue weighted by Crippen LogP contribution is 2.28. The summed E-state index contributed by atoms with van der Waals surface area (Å²) in [6.07, 6.45) is 2.27. The van der Waals surface area contributed by atoms with E-state index >= 15 is 0 Å². The number of carboxylic acids is 1. The third-order valence-corrected chi connectivity index (χ3v) is 2.97. The Morgan fingerprint density at radius 2 is 1.93 bits per heavy atom. The van der Waals surface area contributed by atoms with Gasteiger partial charge in [-0.25, -0.2) is 9.59 Å². The average Bonchev–Trinajstić information content (AvgIpc) is 2.17. The van der Waals surface area contributed by atoms with Crippen LogP contribution in [0, 0.1) is 0 Å². The Morgan fingerprint density at radius 3 is 2.40 bits per heavy atom. The molecule has 1 N–H and O–H groups in total. The summed E-state index contributed by atoms with van der Waals surface area (Å²) in [5, 5.41) is 9.19. The number of aliphatic carboxylic acids is 1. The van der Waals surface area contributed by atoms with E-state index in [1.54, 1.807) is 21.0 Å². The Balaban J connectivity index is 2.92. The molecule has 0 saturated carbocycles. The lowest BCUT2D eigenvalue weighted by Crippen LogP contribution is -2.59. The van der Waals surface area contributed by atoms with Crippen molar-refractivity contribution >= 4 is 12.0 Å². The molecule has 15 heavy (non-hydrogen) atoms. The van der Waals surface area contributed by atoms with Crippen molar-refractivity contribution < 1.29 is 14.7 Å². The van der Waals surface area contributed by atoms with E-state index in [1.807, 2.05) is 0 Å². The fourth-order valence-corrected chi connectivity index (χ4v) is 1.89. The molecule has 0 aromatic heterocycles. The summed E-state index contributed by atoms with van der Waals surface area (Å²) in [7, 11) is 3.28. The fraction of sp³-hybridized carbons (Fsp3) is 0.800. The molecule has 1 unspecified atom stereocenters. The standard InChI is InChI=1S/C10H18N2O3/c1-10(8(13)14)6-4-5-7-12(10)9(15)11(2)3/h4-7H2,1-3H3,(H,13,14). The van der Waals surface area contributed by atoms with Gasteiger partial charge in [-0.2, -0.15) is 0 Å². The van der Waals surface area contributed by atoms with Gasteiger partial charge in [0.2, 0.25) is 0 Å². The van der Waals surface area contributed by atoms with Gasteiger partial charge in [0.25, 0.3) is 0 Å². The Labute approximate surface area is 89.7 Å². The Bertz CT molecular complexity index is 278. The number of hydrogen-bond donors (Lipinski definition) is 1. The molecular weight excluding hydrogens is 196 g/mol. The molecule has 1 saturated heterocycles. The first-order valence-corrected chi connectivity index (χ1v) is 5.12. The van der Waals surface area contributed by atoms with Crippen LogP contribution in [-0.4, -0.2) is 53.1 Å². The van der Waals surface area contributed by atoms with Gasteiger partial charge in [-0.3, -0.25) is 0 Å². The van der Waals surface area contributed by atoms with Crippen molar-refractivity contribution in [2.45, 2.75) is 31.7 Å². The Kier molecular flexibility index (Phi) is 3.21. The molecule has 0 radical (unpaired) electrons. The van der Waals surface area contributed by atoms with Crippen LogP contribution in [0.25, 0.3) is 0 Å². The van der Waals surface area contributed by atoms with Crippen LogP contribution in [0.4, 0.5) is 4.79 Å². The smallest absolute Gasteiger partial charge is 0.329 e. The highest BCUT2D eigenvalue weighted by atomic mass is 16.4. The van der Waals surface area contributed by atoms with Crippen LogP contribution in [0.15, 0.2) is 0 Å². The molecule has 1 heterocycles. The van der Waals surface area contributed by atoms with E-state index in [0.29, 0.717) is 13.0 Å². The molecule has 5 nitrogen and oxygen atoms in total. The minimum absolute atomic E-state index is 0.223. The molecule has 0 aromatic carbocycles. The van der Waals surface area contributed by atoms with Gasteiger partial charge in [0, 0.05) is 20.6 Å². The molecule has 1 aliphatic rings. The lowest BCUT2D eigenvalue weighted by Gasteiger charge is -2.42. The van der Waals surface area contributed by atoms with Crippen LogP contribution in [-0.2, 0) is 4.79 Å². The summed E-state index contributed by atoms with van der Waals surface area (Å²) < 4.78 is 0. The number of rotatable bonds is 1. The second-order valence-corrected chi connectivity index (χ2v) is 4.36. The molecule has 5 heteroatoms. The Morgan fingerprint density at radius 1 is 1.33 bits per heavy atom. The molecule has 0 bridgehead atoms. The maximum Gasteiger partial charge on any atom is 0.329 e. The van der Waals surface area contributed by atoms with Crippen LogP contribution in [0.3, 0.4) is 0 Å². The molecular formula is C10H18N2O3. The SMILES string of the molecule is CN(C)C(=O)N1CCCCC1(C)C(=O)O. The zero-order valence-electron chi connectivity index (χ0n) is 9.49. The van der Waals surface area contributed by atoms with Gasteiger partial charge in [-0.1, -0.05) is 0 Å². The van der Waals surface area contributed by atoms with Crippen molar-refractivity contribution in [3.63, 3.8) is 0 Å². The van der Waals surface area contributed by atoms with E-state index in [4.69, 9.17) is 0 Å². The average molecular weight is 214 g/mol. The van der Waals surface area contributed by atoms with Crippen molar-refractivity contribution in [3.8, 4) is 0 Å².